The van der Waals surface area contributed by atoms with E-state index in [4.69, 9.17) is 0 Å². The Balaban J connectivity index is 2.35. The third kappa shape index (κ3) is 3.37. The quantitative estimate of drug-likeness (QED) is 0.941. The monoisotopic (exact) mass is 305 g/mol. The summed E-state index contributed by atoms with van der Waals surface area (Å²) in [5, 5.41) is 3.28. The van der Waals surface area contributed by atoms with Crippen LogP contribution in [0.2, 0.25) is 0 Å². The molecule has 0 unspecified atom stereocenters. The van der Waals surface area contributed by atoms with Gasteiger partial charge in [-0.25, -0.2) is 9.97 Å². The van der Waals surface area contributed by atoms with Gasteiger partial charge in [0, 0.05) is 22.3 Å². The summed E-state index contributed by atoms with van der Waals surface area (Å²) in [7, 11) is 0. The van der Waals surface area contributed by atoms with Crippen LogP contribution in [0.25, 0.3) is 11.4 Å². The molecule has 0 fully saturated rings. The van der Waals surface area contributed by atoms with E-state index in [0.717, 1.165) is 40.3 Å². The minimum Gasteiger partial charge on any atom is -0.311 e. The van der Waals surface area contributed by atoms with Crippen molar-refractivity contribution in [2.75, 3.05) is 6.54 Å². The first-order chi connectivity index (χ1) is 8.69. The first kappa shape index (κ1) is 13.2. The van der Waals surface area contributed by atoms with Crippen LogP contribution in [0, 0.1) is 6.92 Å². The van der Waals surface area contributed by atoms with Crippen LogP contribution < -0.4 is 5.32 Å². The van der Waals surface area contributed by atoms with Gasteiger partial charge in [-0.1, -0.05) is 35.0 Å². The lowest BCUT2D eigenvalue weighted by Gasteiger charge is -2.07. The molecule has 0 spiro atoms. The minimum atomic E-state index is 0.779. The van der Waals surface area contributed by atoms with Crippen molar-refractivity contribution in [2.24, 2.45) is 0 Å². The lowest BCUT2D eigenvalue weighted by molar-refractivity contribution is 0.708. The van der Waals surface area contributed by atoms with Crippen LogP contribution in [0.15, 0.2) is 34.8 Å². The van der Waals surface area contributed by atoms with Crippen molar-refractivity contribution in [1.29, 1.82) is 0 Å². The molecule has 0 aliphatic rings. The summed E-state index contributed by atoms with van der Waals surface area (Å²) in [6, 6.07) is 10.1. The first-order valence-electron chi connectivity index (χ1n) is 6.00. The smallest absolute Gasteiger partial charge is 0.159 e. The first-order valence-corrected chi connectivity index (χ1v) is 6.79. The Kier molecular flexibility index (Phi) is 4.44. The molecule has 0 atom stereocenters. The van der Waals surface area contributed by atoms with E-state index >= 15 is 0 Å². The molecular formula is C14H16BrN3. The molecule has 94 valence electrons. The van der Waals surface area contributed by atoms with Crippen molar-refractivity contribution >= 4 is 15.9 Å². The molecule has 1 aromatic carbocycles. The normalized spacial score (nSPS) is 10.6. The Hall–Kier alpha value is -1.26. The number of benzene rings is 1. The average Bonchev–Trinajstić information content (AvgIpc) is 2.36. The Bertz CT molecular complexity index is 540. The van der Waals surface area contributed by atoms with Gasteiger partial charge in [-0.15, -0.1) is 0 Å². The molecule has 1 N–H and O–H groups in total. The number of nitrogens with zero attached hydrogens (tertiary/aromatic N) is 2. The number of nitrogens with one attached hydrogen (secondary N) is 1. The number of rotatable bonds is 4. The Morgan fingerprint density at radius 3 is 2.78 bits per heavy atom. The molecule has 4 heteroatoms. The molecule has 0 aliphatic heterocycles. The van der Waals surface area contributed by atoms with Crippen LogP contribution in [0.4, 0.5) is 0 Å². The molecule has 0 bridgehead atoms. The summed E-state index contributed by atoms with van der Waals surface area (Å²) < 4.78 is 1.04. The van der Waals surface area contributed by atoms with E-state index in [9.17, 15) is 0 Å². The molecule has 0 aliphatic carbocycles. The van der Waals surface area contributed by atoms with Crippen LogP contribution in [-0.4, -0.2) is 16.5 Å². The zero-order chi connectivity index (χ0) is 13.0. The molecular weight excluding hydrogens is 290 g/mol. The standard InChI is InChI=1S/C14H16BrN3/c1-3-16-9-13-7-10(2)17-14(18-13)11-5-4-6-12(15)8-11/h4-8,16H,3,9H2,1-2H3. The number of aromatic nitrogens is 2. The second kappa shape index (κ2) is 6.07. The van der Waals surface area contributed by atoms with Gasteiger partial charge in [-0.05, 0) is 31.7 Å². The van der Waals surface area contributed by atoms with Crippen LogP contribution in [-0.2, 0) is 6.54 Å². The van der Waals surface area contributed by atoms with E-state index < -0.39 is 0 Å². The van der Waals surface area contributed by atoms with E-state index in [1.165, 1.54) is 0 Å². The van der Waals surface area contributed by atoms with Gasteiger partial charge in [0.05, 0.1) is 5.69 Å². The number of aryl methyl sites for hydroxylation is 1. The van der Waals surface area contributed by atoms with E-state index in [0.29, 0.717) is 0 Å². The number of hydrogen-bond acceptors (Lipinski definition) is 3. The van der Waals surface area contributed by atoms with Crippen molar-refractivity contribution in [3.8, 4) is 11.4 Å². The van der Waals surface area contributed by atoms with Crippen molar-refractivity contribution in [2.45, 2.75) is 20.4 Å². The Morgan fingerprint density at radius 2 is 2.06 bits per heavy atom. The van der Waals surface area contributed by atoms with Crippen LogP contribution in [0.3, 0.4) is 0 Å². The average molecular weight is 306 g/mol. The van der Waals surface area contributed by atoms with Crippen LogP contribution in [0.1, 0.15) is 18.3 Å². The summed E-state index contributed by atoms with van der Waals surface area (Å²) in [4.78, 5) is 9.08. The lowest BCUT2D eigenvalue weighted by Crippen LogP contribution is -2.13. The molecule has 18 heavy (non-hydrogen) atoms. The molecule has 0 saturated carbocycles. The zero-order valence-electron chi connectivity index (χ0n) is 10.6. The second-order valence-corrected chi connectivity index (χ2v) is 5.03. The van der Waals surface area contributed by atoms with Gasteiger partial charge in [0.25, 0.3) is 0 Å². The zero-order valence-corrected chi connectivity index (χ0v) is 12.2. The highest BCUT2D eigenvalue weighted by molar-refractivity contribution is 9.10. The van der Waals surface area contributed by atoms with Gasteiger partial charge >= 0.3 is 0 Å². The maximum absolute atomic E-state index is 4.59. The molecule has 3 nitrogen and oxygen atoms in total. The summed E-state index contributed by atoms with van der Waals surface area (Å²) in [5.74, 6) is 0.782. The highest BCUT2D eigenvalue weighted by Gasteiger charge is 2.05. The SMILES string of the molecule is CCNCc1cc(C)nc(-c2cccc(Br)c2)n1. The third-order valence-electron chi connectivity index (χ3n) is 2.55. The van der Waals surface area contributed by atoms with Gasteiger partial charge in [-0.2, -0.15) is 0 Å². The van der Waals surface area contributed by atoms with E-state index in [2.05, 4.69) is 38.1 Å². The van der Waals surface area contributed by atoms with E-state index in [-0.39, 0.29) is 0 Å². The topological polar surface area (TPSA) is 37.8 Å². The molecule has 2 rings (SSSR count). The van der Waals surface area contributed by atoms with Crippen molar-refractivity contribution in [3.63, 3.8) is 0 Å². The molecule has 2 aromatic rings. The Morgan fingerprint density at radius 1 is 1.22 bits per heavy atom. The van der Waals surface area contributed by atoms with Crippen molar-refractivity contribution < 1.29 is 0 Å². The minimum absolute atomic E-state index is 0.779. The highest BCUT2D eigenvalue weighted by Crippen LogP contribution is 2.20. The summed E-state index contributed by atoms with van der Waals surface area (Å²) in [6.07, 6.45) is 0. The predicted octanol–water partition coefficient (Wildman–Crippen LogP) is 3.32. The molecule has 0 amide bonds. The van der Waals surface area contributed by atoms with Crippen molar-refractivity contribution in [3.05, 3.63) is 46.2 Å². The predicted molar refractivity (Wildman–Crippen MR) is 77.3 cm³/mol. The van der Waals surface area contributed by atoms with E-state index in [1.807, 2.05) is 37.3 Å². The maximum Gasteiger partial charge on any atom is 0.159 e. The molecule has 0 radical (unpaired) electrons. The Labute approximate surface area is 116 Å². The molecule has 0 saturated heterocycles. The molecule has 1 aromatic heterocycles. The van der Waals surface area contributed by atoms with Gasteiger partial charge in [0.15, 0.2) is 5.82 Å². The fourth-order valence-electron chi connectivity index (χ4n) is 1.73. The van der Waals surface area contributed by atoms with Crippen LogP contribution in [0.5, 0.6) is 0 Å². The van der Waals surface area contributed by atoms with Crippen LogP contribution >= 0.6 is 15.9 Å². The third-order valence-corrected chi connectivity index (χ3v) is 3.04. The van der Waals surface area contributed by atoms with Gasteiger partial charge in [0.1, 0.15) is 0 Å². The molecule has 1 heterocycles. The van der Waals surface area contributed by atoms with Gasteiger partial charge < -0.3 is 5.32 Å². The summed E-state index contributed by atoms with van der Waals surface area (Å²) >= 11 is 3.47. The van der Waals surface area contributed by atoms with Gasteiger partial charge in [0.2, 0.25) is 0 Å². The van der Waals surface area contributed by atoms with E-state index in [1.54, 1.807) is 0 Å². The maximum atomic E-state index is 4.59. The fourth-order valence-corrected chi connectivity index (χ4v) is 2.13. The largest absolute Gasteiger partial charge is 0.311 e. The summed E-state index contributed by atoms with van der Waals surface area (Å²) in [5.41, 5.74) is 3.05. The second-order valence-electron chi connectivity index (χ2n) is 4.11. The number of hydrogen-bond donors (Lipinski definition) is 1. The lowest BCUT2D eigenvalue weighted by atomic mass is 10.2. The fraction of sp³-hybridized carbons (Fsp3) is 0.286. The highest BCUT2D eigenvalue weighted by atomic mass is 79.9. The number of halogens is 1. The van der Waals surface area contributed by atoms with Crippen molar-refractivity contribution in [1.82, 2.24) is 15.3 Å². The van der Waals surface area contributed by atoms with Gasteiger partial charge in [-0.3, -0.25) is 0 Å². The summed E-state index contributed by atoms with van der Waals surface area (Å²) in [6.45, 7) is 5.80.